The number of anilines is 6. The monoisotopic (exact) mass is 1580 g/mol. The number of fused-ring (bicyclic) bond motifs is 21. The molecule has 0 fully saturated rings. The van der Waals surface area contributed by atoms with Gasteiger partial charge in [-0.05, 0) is 229 Å². The van der Waals surface area contributed by atoms with Crippen molar-refractivity contribution in [2.24, 2.45) is 0 Å². The van der Waals surface area contributed by atoms with E-state index >= 15 is 0 Å². The first-order chi connectivity index (χ1) is 60.5. The summed E-state index contributed by atoms with van der Waals surface area (Å²) in [5.41, 5.74) is 35.2. The van der Waals surface area contributed by atoms with E-state index in [0.717, 1.165) is 45.3 Å². The molecule has 2 nitrogen and oxygen atoms in total. The number of thiophene rings is 2. The van der Waals surface area contributed by atoms with Crippen LogP contribution in [0.25, 0.3) is 151 Å². The predicted molar refractivity (Wildman–Crippen MR) is 517 cm³/mol. The van der Waals surface area contributed by atoms with Gasteiger partial charge in [0.2, 0.25) is 0 Å². The second-order valence-electron chi connectivity index (χ2n) is 32.7. The van der Waals surface area contributed by atoms with Gasteiger partial charge in [-0.15, -0.1) is 22.7 Å². The molecule has 4 heteroatoms. The molecule has 22 aromatic rings. The maximum atomic E-state index is 2.53. The largest absolute Gasteiger partial charge is 0.310 e. The van der Waals surface area contributed by atoms with E-state index < -0.39 is 10.8 Å². The van der Waals surface area contributed by atoms with Crippen LogP contribution in [-0.2, 0) is 10.8 Å². The summed E-state index contributed by atoms with van der Waals surface area (Å²) < 4.78 is 5.07. The summed E-state index contributed by atoms with van der Waals surface area (Å²) in [6.07, 6.45) is 0. The second kappa shape index (κ2) is 27.8. The molecule has 0 amide bonds. The molecule has 0 radical (unpaired) electrons. The van der Waals surface area contributed by atoms with Gasteiger partial charge in [-0.3, -0.25) is 0 Å². The third-order valence-corrected chi connectivity index (χ3v) is 28.9. The number of hydrogen-bond donors (Lipinski definition) is 0. The molecule has 0 atom stereocenters. The Morgan fingerprint density at radius 3 is 1.02 bits per heavy atom. The van der Waals surface area contributed by atoms with Gasteiger partial charge in [0.05, 0.1) is 22.2 Å². The van der Waals surface area contributed by atoms with Crippen LogP contribution in [0.3, 0.4) is 0 Å². The van der Waals surface area contributed by atoms with E-state index in [1.165, 1.54) is 184 Å². The molecule has 0 aliphatic heterocycles. The van der Waals surface area contributed by atoms with Crippen molar-refractivity contribution in [3.63, 3.8) is 0 Å². The zero-order chi connectivity index (χ0) is 80.1. The first-order valence-corrected chi connectivity index (χ1v) is 43.8. The molecular formula is C118H74N2S2. The Balaban J connectivity index is 0.606. The molecule has 2 aromatic heterocycles. The average molecular weight is 1580 g/mol. The van der Waals surface area contributed by atoms with Crippen molar-refractivity contribution < 1.29 is 0 Å². The highest BCUT2D eigenvalue weighted by atomic mass is 32.1. The summed E-state index contributed by atoms with van der Waals surface area (Å²) in [5, 5.41) is 9.95. The molecule has 1 spiro atoms. The zero-order valence-electron chi connectivity index (χ0n) is 66.4. The molecule has 25 rings (SSSR count). The molecule has 20 aromatic carbocycles. The minimum absolute atomic E-state index is 0.514. The van der Waals surface area contributed by atoms with E-state index in [0.29, 0.717) is 0 Å². The summed E-state index contributed by atoms with van der Waals surface area (Å²) in [4.78, 5) is 5.05. The highest BCUT2D eigenvalue weighted by Crippen LogP contribution is 2.65. The van der Waals surface area contributed by atoms with Crippen molar-refractivity contribution in [3.05, 3.63) is 493 Å². The van der Waals surface area contributed by atoms with Crippen molar-refractivity contribution in [2.45, 2.75) is 10.8 Å². The highest BCUT2D eigenvalue weighted by molar-refractivity contribution is 7.26. The SMILES string of the molecule is c1ccc(C2(c3ccccc3)c3ccccc3-c3ccc(N(c4ccc(-c5cccc6ccccc56)cc4)c4ccccc4-c4cccc5sc6cc(-c7cccc8c(-c9ccc(N(c%10ccc%11c(c%10)C%10(c%12ccccc%12-c%12ccccc%12%10)c%10ccccc%10-%11)c%10ccccc%10-c%10cccc%11sc%12ccccc%12c%10%11)cc9)cccc78)ccc6c45)cc32)cc1. The number of rotatable bonds is 13. The molecule has 3 aliphatic rings. The van der Waals surface area contributed by atoms with Crippen LogP contribution < -0.4 is 9.80 Å². The molecule has 0 bridgehead atoms. The summed E-state index contributed by atoms with van der Waals surface area (Å²) >= 11 is 3.75. The minimum Gasteiger partial charge on any atom is -0.310 e. The van der Waals surface area contributed by atoms with E-state index in [2.05, 4.69) is 459 Å². The lowest BCUT2D eigenvalue weighted by Gasteiger charge is -2.35. The molecule has 0 N–H and O–H groups in total. The predicted octanol–water partition coefficient (Wildman–Crippen LogP) is 32.7. The van der Waals surface area contributed by atoms with Crippen LogP contribution in [0.5, 0.6) is 0 Å². The Labute approximate surface area is 716 Å². The molecule has 0 saturated heterocycles. The number of para-hydroxylation sites is 2. The van der Waals surface area contributed by atoms with Gasteiger partial charge in [0.1, 0.15) is 0 Å². The van der Waals surface area contributed by atoms with Gasteiger partial charge in [0.25, 0.3) is 0 Å². The maximum Gasteiger partial charge on any atom is 0.0726 e. The van der Waals surface area contributed by atoms with E-state index in [1.807, 2.05) is 22.7 Å². The Bertz CT molecular complexity index is 7920. The van der Waals surface area contributed by atoms with Crippen LogP contribution in [0.2, 0.25) is 0 Å². The highest BCUT2D eigenvalue weighted by Gasteiger charge is 2.52. The Kier molecular flexibility index (Phi) is 15.9. The fourth-order valence-electron chi connectivity index (χ4n) is 21.5. The van der Waals surface area contributed by atoms with Crippen LogP contribution in [0.1, 0.15) is 44.5 Å². The van der Waals surface area contributed by atoms with Crippen molar-refractivity contribution in [3.8, 4) is 89.0 Å². The Morgan fingerprint density at radius 1 is 0.172 bits per heavy atom. The summed E-state index contributed by atoms with van der Waals surface area (Å²) in [5.74, 6) is 0. The maximum absolute atomic E-state index is 2.53. The van der Waals surface area contributed by atoms with Gasteiger partial charge in [-0.1, -0.05) is 364 Å². The first kappa shape index (κ1) is 70.0. The standard InChI is InChI=1S/C118H74N2S2/c1-3-30-79(31-4-1)117(80-32-5-2-6-33-80)103-49-16-9-37-93(103)95-70-67-83(73-107(95)117)119(81-63-58-76(59-64-81)86-42-23-29-75-28-7-8-34-85(75)86)110-54-21-14-40-98(110)100-48-27-57-113-116(100)102-69-62-78(72-114(102)122-113)88-44-25-45-89-87(43-24-46-90(88)89)77-60-65-82(66-61-77)120(109-53-20-13-39-97(109)99-47-26-56-112-115(99)101-41-15-22-55-111(101)121-112)84-68-71-96-94-38-12-19-52-106(94)118(108(96)74-84)104-50-17-10-35-91(104)92-36-11-18-51-105(92)118/h1-74H. The minimum atomic E-state index is -0.589. The topological polar surface area (TPSA) is 6.48 Å². The summed E-state index contributed by atoms with van der Waals surface area (Å²) in [6.45, 7) is 0. The lowest BCUT2D eigenvalue weighted by molar-refractivity contribution is 0.768. The zero-order valence-corrected chi connectivity index (χ0v) is 68.1. The summed E-state index contributed by atoms with van der Waals surface area (Å²) in [6, 6.07) is 169. The van der Waals surface area contributed by atoms with Crippen LogP contribution in [-0.4, -0.2) is 0 Å². The van der Waals surface area contributed by atoms with Gasteiger partial charge in [0.15, 0.2) is 0 Å². The van der Waals surface area contributed by atoms with Crippen LogP contribution >= 0.6 is 22.7 Å². The van der Waals surface area contributed by atoms with Crippen molar-refractivity contribution in [1.82, 2.24) is 0 Å². The lowest BCUT2D eigenvalue weighted by atomic mass is 9.67. The van der Waals surface area contributed by atoms with Crippen molar-refractivity contribution in [2.75, 3.05) is 9.80 Å². The van der Waals surface area contributed by atoms with Gasteiger partial charge < -0.3 is 9.80 Å². The molecule has 0 unspecified atom stereocenters. The van der Waals surface area contributed by atoms with Crippen LogP contribution in [0.15, 0.2) is 449 Å². The normalized spacial score (nSPS) is 13.0. The average Bonchev–Trinajstić information content (AvgIpc) is 1.50. The quantitative estimate of drug-likeness (QED) is 0.114. The van der Waals surface area contributed by atoms with Gasteiger partial charge in [-0.2, -0.15) is 0 Å². The van der Waals surface area contributed by atoms with Crippen molar-refractivity contribution >= 4 is 119 Å². The van der Waals surface area contributed by atoms with Gasteiger partial charge >= 0.3 is 0 Å². The van der Waals surface area contributed by atoms with Gasteiger partial charge in [0, 0.05) is 74.2 Å². The molecule has 3 aliphatic carbocycles. The lowest BCUT2D eigenvalue weighted by Crippen LogP contribution is -2.28. The number of nitrogens with zero attached hydrogens (tertiary/aromatic N) is 2. The van der Waals surface area contributed by atoms with Gasteiger partial charge in [-0.25, -0.2) is 0 Å². The molecular weight excluding hydrogens is 1510 g/mol. The third kappa shape index (κ3) is 10.4. The van der Waals surface area contributed by atoms with Crippen molar-refractivity contribution in [1.29, 1.82) is 0 Å². The van der Waals surface area contributed by atoms with Crippen LogP contribution in [0, 0.1) is 0 Å². The third-order valence-electron chi connectivity index (χ3n) is 26.6. The second-order valence-corrected chi connectivity index (χ2v) is 34.8. The number of benzene rings is 20. The molecule has 0 saturated carbocycles. The van der Waals surface area contributed by atoms with E-state index in [4.69, 9.17) is 0 Å². The Hall–Kier alpha value is -15.0. The van der Waals surface area contributed by atoms with E-state index in [-0.39, 0.29) is 0 Å². The van der Waals surface area contributed by atoms with Crippen LogP contribution in [0.4, 0.5) is 34.1 Å². The molecule has 568 valence electrons. The Morgan fingerprint density at radius 2 is 0.500 bits per heavy atom. The fourth-order valence-corrected chi connectivity index (χ4v) is 23.8. The smallest absolute Gasteiger partial charge is 0.0726 e. The molecule has 2 heterocycles. The first-order valence-electron chi connectivity index (χ1n) is 42.2. The fraction of sp³-hybridized carbons (Fsp3) is 0.0169. The molecule has 122 heavy (non-hydrogen) atoms. The number of hydrogen-bond acceptors (Lipinski definition) is 4. The van der Waals surface area contributed by atoms with E-state index in [1.54, 1.807) is 0 Å². The van der Waals surface area contributed by atoms with E-state index in [9.17, 15) is 0 Å². The summed E-state index contributed by atoms with van der Waals surface area (Å²) in [7, 11) is 0.